The van der Waals surface area contributed by atoms with Gasteiger partial charge in [-0.05, 0) is 33.2 Å². The molecular formula is C13H23N3O. The molecule has 0 aliphatic rings. The smallest absolute Gasteiger partial charge is 0.0756 e. The summed E-state index contributed by atoms with van der Waals surface area (Å²) in [5.74, 6) is 0. The highest BCUT2D eigenvalue weighted by molar-refractivity contribution is 5.02. The summed E-state index contributed by atoms with van der Waals surface area (Å²) in [5.41, 5.74) is 0.914. The van der Waals surface area contributed by atoms with Gasteiger partial charge in [-0.15, -0.1) is 0 Å². The van der Waals surface area contributed by atoms with E-state index in [1.54, 1.807) is 19.5 Å². The molecule has 17 heavy (non-hydrogen) atoms. The maximum Gasteiger partial charge on any atom is 0.0756 e. The van der Waals surface area contributed by atoms with Crippen LogP contribution in [-0.2, 0) is 4.74 Å². The second kappa shape index (κ2) is 6.67. The third-order valence-electron chi connectivity index (χ3n) is 2.98. The number of ether oxygens (including phenoxy) is 1. The van der Waals surface area contributed by atoms with Gasteiger partial charge in [-0.3, -0.25) is 9.97 Å². The normalized spacial score (nSPS) is 13.6. The molecule has 1 atom stereocenters. The summed E-state index contributed by atoms with van der Waals surface area (Å²) in [6.45, 7) is 7.23. The molecule has 1 unspecified atom stereocenters. The van der Waals surface area contributed by atoms with E-state index >= 15 is 0 Å². The van der Waals surface area contributed by atoms with Crippen molar-refractivity contribution in [2.75, 3.05) is 13.7 Å². The molecule has 0 bridgehead atoms. The minimum atomic E-state index is -0.0874. The van der Waals surface area contributed by atoms with Crippen molar-refractivity contribution >= 4 is 0 Å². The molecule has 1 aromatic heterocycles. The van der Waals surface area contributed by atoms with E-state index in [0.29, 0.717) is 0 Å². The first kappa shape index (κ1) is 14.1. The van der Waals surface area contributed by atoms with Gasteiger partial charge < -0.3 is 10.1 Å². The van der Waals surface area contributed by atoms with E-state index in [2.05, 4.69) is 36.1 Å². The number of hydrogen-bond acceptors (Lipinski definition) is 4. The van der Waals surface area contributed by atoms with Gasteiger partial charge in [-0.2, -0.15) is 0 Å². The summed E-state index contributed by atoms with van der Waals surface area (Å²) in [7, 11) is 1.75. The maximum atomic E-state index is 5.44. The molecule has 0 spiro atoms. The number of nitrogens with zero attached hydrogens (tertiary/aromatic N) is 2. The summed E-state index contributed by atoms with van der Waals surface area (Å²) < 4.78 is 5.44. The zero-order valence-corrected chi connectivity index (χ0v) is 11.2. The van der Waals surface area contributed by atoms with Crippen LogP contribution in [0, 0.1) is 0 Å². The van der Waals surface area contributed by atoms with E-state index in [4.69, 9.17) is 4.74 Å². The van der Waals surface area contributed by atoms with Crippen molar-refractivity contribution in [1.82, 2.24) is 15.3 Å². The fourth-order valence-corrected chi connectivity index (χ4v) is 1.69. The highest BCUT2D eigenvalue weighted by atomic mass is 16.5. The molecule has 1 N–H and O–H groups in total. The van der Waals surface area contributed by atoms with Gasteiger partial charge in [0.05, 0.1) is 17.3 Å². The summed E-state index contributed by atoms with van der Waals surface area (Å²) >= 11 is 0. The molecule has 1 aromatic rings. The average molecular weight is 237 g/mol. The fourth-order valence-electron chi connectivity index (χ4n) is 1.69. The van der Waals surface area contributed by atoms with Crippen molar-refractivity contribution in [3.63, 3.8) is 0 Å². The average Bonchev–Trinajstić information content (AvgIpc) is 2.35. The Balaban J connectivity index is 2.61. The van der Waals surface area contributed by atoms with E-state index in [0.717, 1.165) is 25.1 Å². The quantitative estimate of drug-likeness (QED) is 0.790. The van der Waals surface area contributed by atoms with Crippen LogP contribution in [0.15, 0.2) is 18.6 Å². The Morgan fingerprint density at radius 2 is 2.18 bits per heavy atom. The number of methoxy groups -OCH3 is 1. The van der Waals surface area contributed by atoms with Crippen LogP contribution in [0.5, 0.6) is 0 Å². The molecule has 0 aromatic carbocycles. The first-order valence-electron chi connectivity index (χ1n) is 6.13. The molecule has 0 aliphatic carbocycles. The van der Waals surface area contributed by atoms with Crippen molar-refractivity contribution < 1.29 is 4.74 Å². The van der Waals surface area contributed by atoms with Crippen LogP contribution in [0.1, 0.15) is 45.3 Å². The first-order chi connectivity index (χ1) is 8.09. The van der Waals surface area contributed by atoms with Crippen LogP contribution in [0.4, 0.5) is 0 Å². The zero-order valence-electron chi connectivity index (χ0n) is 11.2. The minimum Gasteiger partial charge on any atom is -0.379 e. The topological polar surface area (TPSA) is 47.0 Å². The molecule has 0 saturated carbocycles. The van der Waals surface area contributed by atoms with Gasteiger partial charge in [0.15, 0.2) is 0 Å². The van der Waals surface area contributed by atoms with Crippen molar-refractivity contribution in [2.45, 2.75) is 45.3 Å². The SMILES string of the molecule is CCNC(CCC(C)(C)OC)c1cnccn1. The molecule has 0 amide bonds. The molecule has 4 nitrogen and oxygen atoms in total. The Bertz CT molecular complexity index is 314. The summed E-state index contributed by atoms with van der Waals surface area (Å²) in [6, 6.07) is 0.253. The molecule has 0 aliphatic heterocycles. The van der Waals surface area contributed by atoms with Crippen LogP contribution < -0.4 is 5.32 Å². The van der Waals surface area contributed by atoms with Gasteiger partial charge in [0.2, 0.25) is 0 Å². The van der Waals surface area contributed by atoms with Gasteiger partial charge in [0.25, 0.3) is 0 Å². The molecule has 1 heterocycles. The van der Waals surface area contributed by atoms with Crippen molar-refractivity contribution in [2.24, 2.45) is 0 Å². The number of hydrogen-bond donors (Lipinski definition) is 1. The molecule has 0 saturated heterocycles. The lowest BCUT2D eigenvalue weighted by Gasteiger charge is -2.26. The second-order valence-electron chi connectivity index (χ2n) is 4.74. The Morgan fingerprint density at radius 3 is 2.71 bits per heavy atom. The van der Waals surface area contributed by atoms with Crippen LogP contribution in [0.3, 0.4) is 0 Å². The number of aromatic nitrogens is 2. The Labute approximate surface area is 104 Å². The monoisotopic (exact) mass is 237 g/mol. The summed E-state index contributed by atoms with van der Waals surface area (Å²) in [4.78, 5) is 8.48. The van der Waals surface area contributed by atoms with Crippen LogP contribution in [0.2, 0.25) is 0 Å². The standard InChI is InChI=1S/C13H23N3O/c1-5-15-11(6-7-13(2,3)17-4)12-10-14-8-9-16-12/h8-11,15H,5-7H2,1-4H3. The number of rotatable bonds is 7. The van der Waals surface area contributed by atoms with Crippen LogP contribution >= 0.6 is 0 Å². The van der Waals surface area contributed by atoms with Crippen molar-refractivity contribution in [1.29, 1.82) is 0 Å². The van der Waals surface area contributed by atoms with E-state index < -0.39 is 0 Å². The van der Waals surface area contributed by atoms with E-state index in [9.17, 15) is 0 Å². The molecule has 0 fully saturated rings. The third-order valence-corrected chi connectivity index (χ3v) is 2.98. The summed E-state index contributed by atoms with van der Waals surface area (Å²) in [6.07, 6.45) is 7.24. The highest BCUT2D eigenvalue weighted by Crippen LogP contribution is 2.22. The lowest BCUT2D eigenvalue weighted by Crippen LogP contribution is -2.27. The van der Waals surface area contributed by atoms with Crippen molar-refractivity contribution in [3.05, 3.63) is 24.3 Å². The predicted octanol–water partition coefficient (Wildman–Crippen LogP) is 2.33. The maximum absolute atomic E-state index is 5.44. The zero-order chi connectivity index (χ0) is 12.7. The minimum absolute atomic E-state index is 0.0874. The predicted molar refractivity (Wildman–Crippen MR) is 68.8 cm³/mol. The Hall–Kier alpha value is -1.00. The van der Waals surface area contributed by atoms with Crippen molar-refractivity contribution in [3.8, 4) is 0 Å². The Kier molecular flexibility index (Phi) is 5.51. The lowest BCUT2D eigenvalue weighted by molar-refractivity contribution is 0.0116. The lowest BCUT2D eigenvalue weighted by atomic mass is 9.97. The van der Waals surface area contributed by atoms with Gasteiger partial charge in [0, 0.05) is 25.7 Å². The molecule has 96 valence electrons. The third kappa shape index (κ3) is 4.79. The van der Waals surface area contributed by atoms with Gasteiger partial charge in [-0.25, -0.2) is 0 Å². The Morgan fingerprint density at radius 1 is 1.41 bits per heavy atom. The molecular weight excluding hydrogens is 214 g/mol. The van der Waals surface area contributed by atoms with Crippen LogP contribution in [-0.4, -0.2) is 29.2 Å². The number of nitrogens with one attached hydrogen (secondary N) is 1. The molecule has 4 heteroatoms. The van der Waals surface area contributed by atoms with Gasteiger partial charge in [0.1, 0.15) is 0 Å². The van der Waals surface area contributed by atoms with E-state index in [1.807, 2.05) is 6.20 Å². The first-order valence-corrected chi connectivity index (χ1v) is 6.13. The fraction of sp³-hybridized carbons (Fsp3) is 0.692. The molecule has 1 rings (SSSR count). The largest absolute Gasteiger partial charge is 0.379 e. The summed E-state index contributed by atoms with van der Waals surface area (Å²) in [5, 5.41) is 3.44. The molecule has 0 radical (unpaired) electrons. The van der Waals surface area contributed by atoms with Gasteiger partial charge >= 0.3 is 0 Å². The van der Waals surface area contributed by atoms with E-state index in [-0.39, 0.29) is 11.6 Å². The second-order valence-corrected chi connectivity index (χ2v) is 4.74. The highest BCUT2D eigenvalue weighted by Gasteiger charge is 2.20. The van der Waals surface area contributed by atoms with E-state index in [1.165, 1.54) is 0 Å². The van der Waals surface area contributed by atoms with Crippen LogP contribution in [0.25, 0.3) is 0 Å². The van der Waals surface area contributed by atoms with Gasteiger partial charge in [-0.1, -0.05) is 6.92 Å².